The number of ether oxygens (including phenoxy) is 1. The van der Waals surface area contributed by atoms with E-state index >= 15 is 0 Å². The van der Waals surface area contributed by atoms with Crippen molar-refractivity contribution < 1.29 is 4.74 Å². The molecule has 1 fully saturated rings. The van der Waals surface area contributed by atoms with Gasteiger partial charge < -0.3 is 10.1 Å². The van der Waals surface area contributed by atoms with Crippen molar-refractivity contribution >= 4 is 34.2 Å². The van der Waals surface area contributed by atoms with E-state index in [0.717, 1.165) is 65.7 Å². The summed E-state index contributed by atoms with van der Waals surface area (Å²) in [7, 11) is 0. The first-order chi connectivity index (χ1) is 16.7. The highest BCUT2D eigenvalue weighted by Crippen LogP contribution is 2.24. The number of rotatable bonds is 7. The van der Waals surface area contributed by atoms with Crippen molar-refractivity contribution in [3.63, 3.8) is 0 Å². The summed E-state index contributed by atoms with van der Waals surface area (Å²) in [4.78, 5) is 7.19. The second-order valence-corrected chi connectivity index (χ2v) is 8.99. The lowest BCUT2D eigenvalue weighted by molar-refractivity contribution is 0.268. The summed E-state index contributed by atoms with van der Waals surface area (Å²) in [6, 6.07) is 28.6. The van der Waals surface area contributed by atoms with Gasteiger partial charge in [0.25, 0.3) is 0 Å². The van der Waals surface area contributed by atoms with E-state index < -0.39 is 0 Å². The fourth-order valence-electron chi connectivity index (χ4n) is 4.20. The number of para-hydroxylation sites is 1. The molecule has 0 spiro atoms. The van der Waals surface area contributed by atoms with Crippen LogP contribution < -0.4 is 10.1 Å². The smallest absolute Gasteiger partial charge is 0.130 e. The van der Waals surface area contributed by atoms with Crippen molar-refractivity contribution in [2.45, 2.75) is 6.61 Å². The molecule has 172 valence electrons. The summed E-state index contributed by atoms with van der Waals surface area (Å²) in [5.74, 6) is 0.840. The Bertz CT molecular complexity index is 1260. The molecule has 1 saturated heterocycles. The van der Waals surface area contributed by atoms with Gasteiger partial charge in [-0.1, -0.05) is 60.1 Å². The highest BCUT2D eigenvalue weighted by Gasteiger charge is 2.13. The number of halogens is 1. The molecule has 1 N–H and O–H groups in total. The standard InChI is InChI=1S/C29H28ClN3O/c30-26-10-5-22(6-11-26)19-25(20-33-17-15-31-16-18-33)23-8-13-28(14-9-23)34-21-27-12-7-24-3-1-2-4-29(24)32-27/h1-14,19,31H,15-18,20-21H2/b25-19-. The molecule has 5 rings (SSSR count). The third-order valence-electron chi connectivity index (χ3n) is 6.08. The molecule has 1 aromatic heterocycles. The van der Waals surface area contributed by atoms with E-state index in [-0.39, 0.29) is 0 Å². The van der Waals surface area contributed by atoms with E-state index in [9.17, 15) is 0 Å². The molecule has 3 aromatic carbocycles. The van der Waals surface area contributed by atoms with Crippen LogP contribution in [0.5, 0.6) is 5.75 Å². The van der Waals surface area contributed by atoms with Gasteiger partial charge in [0.15, 0.2) is 0 Å². The number of hydrogen-bond acceptors (Lipinski definition) is 4. The summed E-state index contributed by atoms with van der Waals surface area (Å²) >= 11 is 6.09. The molecule has 4 aromatic rings. The lowest BCUT2D eigenvalue weighted by Gasteiger charge is -2.28. The highest BCUT2D eigenvalue weighted by atomic mass is 35.5. The summed E-state index contributed by atoms with van der Waals surface area (Å²) in [5, 5.41) is 5.32. The highest BCUT2D eigenvalue weighted by molar-refractivity contribution is 6.30. The number of fused-ring (bicyclic) bond motifs is 1. The maximum atomic E-state index is 6.09. The maximum absolute atomic E-state index is 6.09. The molecule has 0 aliphatic carbocycles. The summed E-state index contributed by atoms with van der Waals surface area (Å²) in [6.45, 7) is 5.52. The van der Waals surface area contributed by atoms with Gasteiger partial charge in [0.05, 0.1) is 11.2 Å². The normalized spacial score (nSPS) is 14.9. The fourth-order valence-corrected chi connectivity index (χ4v) is 4.33. The molecule has 0 unspecified atom stereocenters. The van der Waals surface area contributed by atoms with E-state index in [4.69, 9.17) is 21.3 Å². The van der Waals surface area contributed by atoms with Crippen LogP contribution in [0.25, 0.3) is 22.6 Å². The van der Waals surface area contributed by atoms with E-state index in [2.05, 4.69) is 52.7 Å². The molecular formula is C29H28ClN3O. The van der Waals surface area contributed by atoms with E-state index in [1.807, 2.05) is 48.5 Å². The van der Waals surface area contributed by atoms with Crippen molar-refractivity contribution in [3.8, 4) is 5.75 Å². The molecule has 4 nitrogen and oxygen atoms in total. The van der Waals surface area contributed by atoms with Gasteiger partial charge in [-0.2, -0.15) is 0 Å². The Balaban J connectivity index is 1.31. The van der Waals surface area contributed by atoms with Crippen LogP contribution in [0, 0.1) is 0 Å². The number of pyridine rings is 1. The number of hydrogen-bond donors (Lipinski definition) is 1. The molecule has 1 aliphatic heterocycles. The van der Waals surface area contributed by atoms with Gasteiger partial charge in [-0.3, -0.25) is 4.90 Å². The molecular weight excluding hydrogens is 442 g/mol. The summed E-state index contributed by atoms with van der Waals surface area (Å²) in [6.07, 6.45) is 2.26. The fraction of sp³-hybridized carbons (Fsp3) is 0.207. The summed E-state index contributed by atoms with van der Waals surface area (Å²) in [5.41, 5.74) is 5.54. The maximum Gasteiger partial charge on any atom is 0.130 e. The van der Waals surface area contributed by atoms with Gasteiger partial charge >= 0.3 is 0 Å². The predicted octanol–water partition coefficient (Wildman–Crippen LogP) is 5.91. The summed E-state index contributed by atoms with van der Waals surface area (Å²) < 4.78 is 6.04. The minimum absolute atomic E-state index is 0.443. The zero-order valence-electron chi connectivity index (χ0n) is 19.1. The Morgan fingerprint density at radius 3 is 2.47 bits per heavy atom. The number of benzene rings is 3. The monoisotopic (exact) mass is 469 g/mol. The Kier molecular flexibility index (Phi) is 7.20. The SMILES string of the molecule is Clc1ccc(/C=C(/CN2CCNCC2)c2ccc(OCc3ccc4ccccc4n3)cc2)cc1. The second kappa shape index (κ2) is 10.8. The largest absolute Gasteiger partial charge is 0.487 e. The Labute approximate surface area is 205 Å². The van der Waals surface area contributed by atoms with Crippen LogP contribution in [0.2, 0.25) is 5.02 Å². The number of nitrogens with one attached hydrogen (secondary N) is 1. The van der Waals surface area contributed by atoms with Crippen LogP contribution in [-0.4, -0.2) is 42.6 Å². The molecule has 1 aliphatic rings. The predicted molar refractivity (Wildman–Crippen MR) is 141 cm³/mol. The van der Waals surface area contributed by atoms with Crippen molar-refractivity contribution in [3.05, 3.63) is 107 Å². The van der Waals surface area contributed by atoms with Gasteiger partial charge in [0.2, 0.25) is 0 Å². The van der Waals surface area contributed by atoms with Gasteiger partial charge in [-0.05, 0) is 59.2 Å². The quantitative estimate of drug-likeness (QED) is 0.341. The number of piperazine rings is 1. The van der Waals surface area contributed by atoms with Gasteiger partial charge in [0, 0.05) is 43.1 Å². The van der Waals surface area contributed by atoms with Crippen molar-refractivity contribution in [2.24, 2.45) is 0 Å². The van der Waals surface area contributed by atoms with Crippen molar-refractivity contribution in [2.75, 3.05) is 32.7 Å². The zero-order valence-corrected chi connectivity index (χ0v) is 19.8. The van der Waals surface area contributed by atoms with Crippen LogP contribution >= 0.6 is 11.6 Å². The number of aromatic nitrogens is 1. The average Bonchev–Trinajstić information content (AvgIpc) is 2.89. The van der Waals surface area contributed by atoms with Gasteiger partial charge in [0.1, 0.15) is 12.4 Å². The molecule has 0 bridgehead atoms. The number of nitrogens with zero attached hydrogens (tertiary/aromatic N) is 2. The third kappa shape index (κ3) is 5.84. The van der Waals surface area contributed by atoms with Crippen molar-refractivity contribution in [1.29, 1.82) is 0 Å². The minimum Gasteiger partial charge on any atom is -0.487 e. The lowest BCUT2D eigenvalue weighted by atomic mass is 10.0. The van der Waals surface area contributed by atoms with Crippen LogP contribution in [0.1, 0.15) is 16.8 Å². The molecule has 0 radical (unpaired) electrons. The Morgan fingerprint density at radius 1 is 0.912 bits per heavy atom. The molecule has 5 heteroatoms. The molecule has 34 heavy (non-hydrogen) atoms. The Hall–Kier alpha value is -3.18. The Morgan fingerprint density at radius 2 is 1.68 bits per heavy atom. The first-order valence-corrected chi connectivity index (χ1v) is 12.1. The van der Waals surface area contributed by atoms with Crippen LogP contribution in [-0.2, 0) is 6.61 Å². The van der Waals surface area contributed by atoms with Crippen LogP contribution in [0.4, 0.5) is 0 Å². The topological polar surface area (TPSA) is 37.4 Å². The molecule has 0 atom stereocenters. The third-order valence-corrected chi connectivity index (χ3v) is 6.33. The van der Waals surface area contributed by atoms with Crippen molar-refractivity contribution in [1.82, 2.24) is 15.2 Å². The first kappa shape index (κ1) is 22.6. The molecule has 2 heterocycles. The van der Waals surface area contributed by atoms with E-state index in [0.29, 0.717) is 6.61 Å². The molecule has 0 saturated carbocycles. The van der Waals surface area contributed by atoms with Crippen LogP contribution in [0.15, 0.2) is 84.9 Å². The van der Waals surface area contributed by atoms with Crippen LogP contribution in [0.3, 0.4) is 0 Å². The molecule has 0 amide bonds. The minimum atomic E-state index is 0.443. The zero-order chi connectivity index (χ0) is 23.2. The lowest BCUT2D eigenvalue weighted by Crippen LogP contribution is -2.43. The average molecular weight is 470 g/mol. The van der Waals surface area contributed by atoms with E-state index in [1.54, 1.807) is 0 Å². The van der Waals surface area contributed by atoms with E-state index in [1.165, 1.54) is 11.1 Å². The second-order valence-electron chi connectivity index (χ2n) is 8.56. The first-order valence-electron chi connectivity index (χ1n) is 11.7. The van der Waals surface area contributed by atoms with Gasteiger partial charge in [-0.15, -0.1) is 0 Å². The van der Waals surface area contributed by atoms with Gasteiger partial charge in [-0.25, -0.2) is 4.98 Å².